The van der Waals surface area contributed by atoms with Crippen LogP contribution in [-0.4, -0.2) is 99.2 Å². The van der Waals surface area contributed by atoms with E-state index in [4.69, 9.17) is 18.9 Å². The van der Waals surface area contributed by atoms with Crippen molar-refractivity contribution < 1.29 is 38.7 Å². The van der Waals surface area contributed by atoms with Crippen LogP contribution in [0.15, 0.2) is 47.8 Å². The van der Waals surface area contributed by atoms with Crippen LogP contribution in [0.25, 0.3) is 0 Å². The average Bonchev–Trinajstić information content (AvgIpc) is 2.99. The number of hydrogen-bond acceptors (Lipinski definition) is 10. The molecule has 2 unspecified atom stereocenters. The number of hydrogen-bond donors (Lipinski definition) is 2. The van der Waals surface area contributed by atoms with Crippen LogP contribution in [0.1, 0.15) is 29.7 Å². The van der Waals surface area contributed by atoms with Crippen molar-refractivity contribution in [3.8, 4) is 5.75 Å². The topological polar surface area (TPSA) is 118 Å². The van der Waals surface area contributed by atoms with E-state index >= 15 is 0 Å². The summed E-state index contributed by atoms with van der Waals surface area (Å²) < 4.78 is 21.0. The van der Waals surface area contributed by atoms with E-state index < -0.39 is 18.2 Å². The summed E-state index contributed by atoms with van der Waals surface area (Å²) in [6, 6.07) is 3.70. The van der Waals surface area contributed by atoms with E-state index in [1.54, 1.807) is 18.2 Å². The molecule has 0 saturated carbocycles. The Labute approximate surface area is 224 Å². The van der Waals surface area contributed by atoms with Crippen molar-refractivity contribution in [2.24, 2.45) is 0 Å². The molecule has 0 aliphatic carbocycles. The number of rotatable bonds is 15. The standard InChI is InChI=1S/C28H40N2O8/c1-6-30(17-25(33)21-8-7-9-27(34)38-15-12-26(21)35-4)14-13-29(3)16-24(32)22-11-10-20(2)23(18-37-19-31)28(22)36-5/h7-12,19,24-25,32-33H,6,13-18H2,1-5H3/b9-7+,21-8-,26-12-. The van der Waals surface area contributed by atoms with Crippen LogP contribution in [0.2, 0.25) is 0 Å². The summed E-state index contributed by atoms with van der Waals surface area (Å²) in [5.74, 6) is 0.508. The second-order valence-electron chi connectivity index (χ2n) is 8.96. The van der Waals surface area contributed by atoms with Crippen molar-refractivity contribution in [3.63, 3.8) is 0 Å². The Morgan fingerprint density at radius 3 is 2.55 bits per heavy atom. The number of allylic oxidation sites excluding steroid dienone is 2. The smallest absolute Gasteiger partial charge is 0.331 e. The minimum Gasteiger partial charge on any atom is -0.497 e. The lowest BCUT2D eigenvalue weighted by atomic mass is 9.99. The molecular weight excluding hydrogens is 492 g/mol. The minimum atomic E-state index is -0.848. The summed E-state index contributed by atoms with van der Waals surface area (Å²) in [5, 5.41) is 22.0. The molecule has 210 valence electrons. The van der Waals surface area contributed by atoms with Crippen molar-refractivity contribution >= 4 is 12.4 Å². The van der Waals surface area contributed by atoms with Gasteiger partial charge in [0, 0.05) is 49.0 Å². The summed E-state index contributed by atoms with van der Waals surface area (Å²) >= 11 is 0. The minimum absolute atomic E-state index is 0.0540. The second kappa shape index (κ2) is 15.9. The first-order chi connectivity index (χ1) is 18.2. The van der Waals surface area contributed by atoms with Crippen LogP contribution in [0, 0.1) is 6.92 Å². The molecule has 0 amide bonds. The van der Waals surface area contributed by atoms with Gasteiger partial charge in [0.25, 0.3) is 6.47 Å². The lowest BCUT2D eigenvalue weighted by molar-refractivity contribution is -0.136. The molecular formula is C28H40N2O8. The third-order valence-corrected chi connectivity index (χ3v) is 6.41. The molecule has 0 aromatic heterocycles. The summed E-state index contributed by atoms with van der Waals surface area (Å²) in [6.07, 6.45) is 4.46. The number of aryl methyl sites for hydroxylation is 1. The molecule has 0 saturated heterocycles. The van der Waals surface area contributed by atoms with Gasteiger partial charge in [-0.15, -0.1) is 0 Å². The van der Waals surface area contributed by atoms with Gasteiger partial charge in [0.1, 0.15) is 24.7 Å². The fraction of sp³-hybridized carbons (Fsp3) is 0.500. The fourth-order valence-corrected chi connectivity index (χ4v) is 4.22. The van der Waals surface area contributed by atoms with Gasteiger partial charge < -0.3 is 34.1 Å². The van der Waals surface area contributed by atoms with Crippen LogP contribution in [0.4, 0.5) is 0 Å². The monoisotopic (exact) mass is 532 g/mol. The van der Waals surface area contributed by atoms with Gasteiger partial charge >= 0.3 is 5.97 Å². The molecule has 1 aromatic rings. The molecule has 0 fully saturated rings. The Morgan fingerprint density at radius 1 is 1.13 bits per heavy atom. The van der Waals surface area contributed by atoms with Crippen LogP contribution < -0.4 is 4.74 Å². The van der Waals surface area contributed by atoms with Gasteiger partial charge in [-0.3, -0.25) is 9.69 Å². The molecule has 10 heteroatoms. The first-order valence-corrected chi connectivity index (χ1v) is 12.5. The van der Waals surface area contributed by atoms with E-state index in [1.807, 2.05) is 37.9 Å². The van der Waals surface area contributed by atoms with E-state index in [1.165, 1.54) is 20.3 Å². The van der Waals surface area contributed by atoms with Crippen molar-refractivity contribution in [2.75, 3.05) is 60.6 Å². The number of cyclic esters (lactones) is 1. The van der Waals surface area contributed by atoms with Crippen molar-refractivity contribution in [1.82, 2.24) is 9.80 Å². The van der Waals surface area contributed by atoms with E-state index in [-0.39, 0.29) is 13.2 Å². The lowest BCUT2D eigenvalue weighted by Crippen LogP contribution is -2.39. The highest BCUT2D eigenvalue weighted by atomic mass is 16.5. The highest BCUT2D eigenvalue weighted by molar-refractivity contribution is 5.82. The molecule has 1 aliphatic rings. The SMILES string of the molecule is CCN(CCN(C)CC(O)c1ccc(C)c(COC=O)c1OC)CC(O)C1=C/C=C/C(=O)OC\C=C\1OC. The molecule has 2 rings (SSSR count). The maximum atomic E-state index is 11.6. The van der Waals surface area contributed by atoms with Crippen LogP contribution in [-0.2, 0) is 30.4 Å². The van der Waals surface area contributed by atoms with E-state index in [9.17, 15) is 19.8 Å². The van der Waals surface area contributed by atoms with Crippen LogP contribution >= 0.6 is 0 Å². The van der Waals surface area contributed by atoms with Gasteiger partial charge in [-0.1, -0.05) is 31.2 Å². The third-order valence-electron chi connectivity index (χ3n) is 6.41. The molecule has 38 heavy (non-hydrogen) atoms. The van der Waals surface area contributed by atoms with E-state index in [2.05, 4.69) is 4.90 Å². The number of methoxy groups -OCH3 is 2. The predicted octanol–water partition coefficient (Wildman–Crippen LogP) is 1.89. The maximum Gasteiger partial charge on any atom is 0.331 e. The number of aliphatic hydroxyl groups is 2. The molecule has 10 nitrogen and oxygen atoms in total. The Balaban J connectivity index is 2.02. The Bertz CT molecular complexity index is 1020. The van der Waals surface area contributed by atoms with Crippen molar-refractivity contribution in [3.05, 3.63) is 64.5 Å². The van der Waals surface area contributed by atoms with E-state index in [0.29, 0.717) is 61.8 Å². The maximum absolute atomic E-state index is 11.6. The Morgan fingerprint density at radius 2 is 1.89 bits per heavy atom. The lowest BCUT2D eigenvalue weighted by Gasteiger charge is -2.28. The fourth-order valence-electron chi connectivity index (χ4n) is 4.22. The van der Waals surface area contributed by atoms with Crippen molar-refractivity contribution in [1.29, 1.82) is 0 Å². The Kier molecular flexibility index (Phi) is 13.0. The Hall–Kier alpha value is -3.18. The van der Waals surface area contributed by atoms with Gasteiger partial charge in [-0.2, -0.15) is 0 Å². The zero-order valence-corrected chi connectivity index (χ0v) is 22.9. The summed E-state index contributed by atoms with van der Waals surface area (Å²) in [5.41, 5.74) is 2.81. The zero-order chi connectivity index (χ0) is 28.1. The number of likely N-dealkylation sites (N-methyl/N-ethyl adjacent to an activating group) is 2. The average molecular weight is 533 g/mol. The largest absolute Gasteiger partial charge is 0.497 e. The zero-order valence-electron chi connectivity index (χ0n) is 22.9. The number of aliphatic hydroxyl groups excluding tert-OH is 2. The molecule has 0 radical (unpaired) electrons. The van der Waals surface area contributed by atoms with Gasteiger partial charge in [-0.25, -0.2) is 4.79 Å². The summed E-state index contributed by atoms with van der Waals surface area (Å²) in [6.45, 7) is 7.12. The number of nitrogens with zero attached hydrogens (tertiary/aromatic N) is 2. The number of esters is 1. The molecule has 1 aliphatic heterocycles. The molecule has 0 spiro atoms. The van der Waals surface area contributed by atoms with Crippen LogP contribution in [0.3, 0.4) is 0 Å². The summed E-state index contributed by atoms with van der Waals surface area (Å²) in [7, 11) is 4.95. The molecule has 1 heterocycles. The van der Waals surface area contributed by atoms with Gasteiger partial charge in [-0.05, 0) is 32.2 Å². The van der Waals surface area contributed by atoms with E-state index in [0.717, 1.165) is 11.1 Å². The number of carbonyl (C=O) groups is 2. The highest BCUT2D eigenvalue weighted by Gasteiger charge is 2.22. The van der Waals surface area contributed by atoms with Gasteiger partial charge in [0.05, 0.1) is 26.4 Å². The number of carbonyl (C=O) groups excluding carboxylic acids is 2. The normalized spacial score (nSPS) is 19.1. The number of ether oxygens (including phenoxy) is 4. The quantitative estimate of drug-likeness (QED) is 0.256. The van der Waals surface area contributed by atoms with Gasteiger partial charge in [0.15, 0.2) is 0 Å². The molecule has 2 N–H and O–H groups in total. The number of benzene rings is 1. The first kappa shape index (κ1) is 31.0. The van der Waals surface area contributed by atoms with Gasteiger partial charge in [0.2, 0.25) is 0 Å². The second-order valence-corrected chi connectivity index (χ2v) is 8.96. The molecule has 1 aromatic carbocycles. The highest BCUT2D eigenvalue weighted by Crippen LogP contribution is 2.32. The molecule has 0 bridgehead atoms. The third kappa shape index (κ3) is 8.98. The molecule has 2 atom stereocenters. The summed E-state index contributed by atoms with van der Waals surface area (Å²) in [4.78, 5) is 26.4. The van der Waals surface area contributed by atoms with Crippen molar-refractivity contribution in [2.45, 2.75) is 32.7 Å². The first-order valence-electron chi connectivity index (χ1n) is 12.5. The van der Waals surface area contributed by atoms with Crippen LogP contribution in [0.5, 0.6) is 5.75 Å². The predicted molar refractivity (Wildman–Crippen MR) is 142 cm³/mol.